The Hall–Kier alpha value is -1.91. The monoisotopic (exact) mass is 300 g/mol. The summed E-state index contributed by atoms with van der Waals surface area (Å²) in [6, 6.07) is 16.2. The van der Waals surface area contributed by atoms with Gasteiger partial charge in [-0.2, -0.15) is 0 Å². The molecular formula is C17H20N2OS. The van der Waals surface area contributed by atoms with E-state index in [2.05, 4.69) is 30.1 Å². The van der Waals surface area contributed by atoms with Crippen LogP contribution in [-0.4, -0.2) is 24.0 Å². The van der Waals surface area contributed by atoms with Crippen LogP contribution in [0.15, 0.2) is 48.5 Å². The highest BCUT2D eigenvalue weighted by molar-refractivity contribution is 7.80. The van der Waals surface area contributed by atoms with Gasteiger partial charge >= 0.3 is 0 Å². The number of nitrogens with two attached hydrogens (primary N) is 1. The first-order chi connectivity index (χ1) is 10.1. The van der Waals surface area contributed by atoms with Crippen molar-refractivity contribution in [3.63, 3.8) is 0 Å². The minimum atomic E-state index is 0.439. The summed E-state index contributed by atoms with van der Waals surface area (Å²) in [6.07, 6.45) is 0. The van der Waals surface area contributed by atoms with Gasteiger partial charge in [-0.25, -0.2) is 0 Å². The average molecular weight is 300 g/mol. The Morgan fingerprint density at radius 3 is 2.38 bits per heavy atom. The highest BCUT2D eigenvalue weighted by Gasteiger charge is 2.04. The summed E-state index contributed by atoms with van der Waals surface area (Å²) in [4.78, 5) is 2.69. The molecule has 2 aromatic rings. The van der Waals surface area contributed by atoms with Crippen LogP contribution >= 0.6 is 12.2 Å². The predicted octanol–water partition coefficient (Wildman–Crippen LogP) is 2.96. The van der Waals surface area contributed by atoms with Crippen LogP contribution in [0.5, 0.6) is 5.75 Å². The Kier molecular flexibility index (Phi) is 5.31. The number of thiocarbonyl (C=S) groups is 1. The second kappa shape index (κ2) is 7.20. The van der Waals surface area contributed by atoms with Crippen molar-refractivity contribution in [3.8, 4) is 5.75 Å². The summed E-state index contributed by atoms with van der Waals surface area (Å²) in [6.45, 7) is 1.73. The van der Waals surface area contributed by atoms with Crippen molar-refractivity contribution in [2.75, 3.05) is 14.2 Å². The van der Waals surface area contributed by atoms with Gasteiger partial charge in [-0.05, 0) is 36.4 Å². The Morgan fingerprint density at radius 2 is 1.76 bits per heavy atom. The fraction of sp³-hybridized carbons (Fsp3) is 0.235. The molecule has 110 valence electrons. The van der Waals surface area contributed by atoms with Crippen molar-refractivity contribution in [2.24, 2.45) is 5.73 Å². The topological polar surface area (TPSA) is 38.5 Å². The molecule has 21 heavy (non-hydrogen) atoms. The fourth-order valence-electron chi connectivity index (χ4n) is 2.23. The first kappa shape index (κ1) is 15.5. The maximum atomic E-state index is 5.67. The number of hydrogen-bond donors (Lipinski definition) is 1. The van der Waals surface area contributed by atoms with Crippen LogP contribution in [0.2, 0.25) is 0 Å². The molecule has 2 N–H and O–H groups in total. The lowest BCUT2D eigenvalue weighted by Gasteiger charge is -2.17. The van der Waals surface area contributed by atoms with Crippen LogP contribution in [0, 0.1) is 0 Å². The second-order valence-corrected chi connectivity index (χ2v) is 5.52. The third kappa shape index (κ3) is 4.55. The zero-order valence-corrected chi connectivity index (χ0v) is 13.2. The lowest BCUT2D eigenvalue weighted by Crippen LogP contribution is -2.18. The molecule has 0 saturated heterocycles. The number of nitrogens with zero attached hydrogens (tertiary/aromatic N) is 1. The minimum absolute atomic E-state index is 0.439. The maximum absolute atomic E-state index is 5.67. The molecule has 0 saturated carbocycles. The smallest absolute Gasteiger partial charge is 0.118 e. The van der Waals surface area contributed by atoms with Crippen LogP contribution in [0.1, 0.15) is 16.7 Å². The van der Waals surface area contributed by atoms with E-state index in [9.17, 15) is 0 Å². The quantitative estimate of drug-likeness (QED) is 0.833. The Labute approximate surface area is 131 Å². The molecule has 0 aliphatic carbocycles. The normalized spacial score (nSPS) is 10.6. The molecule has 0 fully saturated rings. The summed E-state index contributed by atoms with van der Waals surface area (Å²) < 4.78 is 5.17. The van der Waals surface area contributed by atoms with Gasteiger partial charge in [-0.3, -0.25) is 4.90 Å². The van der Waals surface area contributed by atoms with Crippen molar-refractivity contribution in [3.05, 3.63) is 65.2 Å². The highest BCUT2D eigenvalue weighted by Crippen LogP contribution is 2.14. The molecular weight excluding hydrogens is 280 g/mol. The summed E-state index contributed by atoms with van der Waals surface area (Å²) in [5.74, 6) is 0.880. The molecule has 0 aliphatic rings. The van der Waals surface area contributed by atoms with E-state index >= 15 is 0 Å². The van der Waals surface area contributed by atoms with Crippen molar-refractivity contribution in [1.82, 2.24) is 4.90 Å². The van der Waals surface area contributed by atoms with E-state index in [0.717, 1.165) is 24.4 Å². The van der Waals surface area contributed by atoms with Gasteiger partial charge in [-0.1, -0.05) is 42.5 Å². The van der Waals surface area contributed by atoms with Gasteiger partial charge in [0.1, 0.15) is 10.7 Å². The van der Waals surface area contributed by atoms with Crippen molar-refractivity contribution >= 4 is 17.2 Å². The molecule has 0 aromatic heterocycles. The number of methoxy groups -OCH3 is 1. The molecule has 0 heterocycles. The summed E-state index contributed by atoms with van der Waals surface area (Å²) in [5.41, 5.74) is 9.05. The zero-order chi connectivity index (χ0) is 15.2. The average Bonchev–Trinajstić information content (AvgIpc) is 2.48. The van der Waals surface area contributed by atoms with Gasteiger partial charge in [0.25, 0.3) is 0 Å². The molecule has 0 amide bonds. The van der Waals surface area contributed by atoms with E-state index in [1.165, 1.54) is 11.1 Å². The van der Waals surface area contributed by atoms with Crippen LogP contribution in [0.4, 0.5) is 0 Å². The molecule has 3 nitrogen and oxygen atoms in total. The summed E-state index contributed by atoms with van der Waals surface area (Å²) in [5, 5.41) is 0. The van der Waals surface area contributed by atoms with Gasteiger partial charge in [0, 0.05) is 18.7 Å². The largest absolute Gasteiger partial charge is 0.497 e. The Balaban J connectivity index is 1.98. The predicted molar refractivity (Wildman–Crippen MR) is 90.5 cm³/mol. The lowest BCUT2D eigenvalue weighted by atomic mass is 10.1. The lowest BCUT2D eigenvalue weighted by molar-refractivity contribution is 0.319. The molecule has 0 aliphatic heterocycles. The van der Waals surface area contributed by atoms with Gasteiger partial charge in [0.05, 0.1) is 7.11 Å². The third-order valence-electron chi connectivity index (χ3n) is 3.28. The van der Waals surface area contributed by atoms with Crippen LogP contribution in [-0.2, 0) is 13.1 Å². The first-order valence-electron chi connectivity index (χ1n) is 6.78. The first-order valence-corrected chi connectivity index (χ1v) is 7.19. The second-order valence-electron chi connectivity index (χ2n) is 5.08. The van der Waals surface area contributed by atoms with E-state index in [1.807, 2.05) is 30.3 Å². The van der Waals surface area contributed by atoms with E-state index in [4.69, 9.17) is 22.7 Å². The highest BCUT2D eigenvalue weighted by atomic mass is 32.1. The molecule has 0 radical (unpaired) electrons. The molecule has 2 aromatic carbocycles. The van der Waals surface area contributed by atoms with Gasteiger partial charge in [0.2, 0.25) is 0 Å². The Bertz CT molecular complexity index is 610. The van der Waals surface area contributed by atoms with E-state index < -0.39 is 0 Å². The summed E-state index contributed by atoms with van der Waals surface area (Å²) in [7, 11) is 3.77. The van der Waals surface area contributed by atoms with Gasteiger partial charge < -0.3 is 10.5 Å². The maximum Gasteiger partial charge on any atom is 0.118 e. The number of hydrogen-bond acceptors (Lipinski definition) is 3. The fourth-order valence-corrected chi connectivity index (χ4v) is 2.36. The molecule has 0 unspecified atom stereocenters. The van der Waals surface area contributed by atoms with Gasteiger partial charge in [-0.15, -0.1) is 0 Å². The van der Waals surface area contributed by atoms with E-state index in [-0.39, 0.29) is 0 Å². The van der Waals surface area contributed by atoms with E-state index in [0.29, 0.717) is 4.99 Å². The van der Waals surface area contributed by atoms with Crippen LogP contribution < -0.4 is 10.5 Å². The number of benzene rings is 2. The van der Waals surface area contributed by atoms with Gasteiger partial charge in [0.15, 0.2) is 0 Å². The standard InChI is InChI=1S/C17H20N2OS/c1-19(11-13-6-8-16(20-2)9-7-13)12-14-4-3-5-15(10-14)17(18)21/h3-10H,11-12H2,1-2H3,(H2,18,21). The zero-order valence-electron chi connectivity index (χ0n) is 12.4. The third-order valence-corrected chi connectivity index (χ3v) is 3.51. The number of ether oxygens (including phenoxy) is 1. The molecule has 0 atom stereocenters. The molecule has 0 spiro atoms. The molecule has 0 bridgehead atoms. The van der Waals surface area contributed by atoms with Crippen LogP contribution in [0.3, 0.4) is 0 Å². The van der Waals surface area contributed by atoms with Crippen molar-refractivity contribution < 1.29 is 4.74 Å². The molecule has 2 rings (SSSR count). The van der Waals surface area contributed by atoms with Crippen molar-refractivity contribution in [1.29, 1.82) is 0 Å². The van der Waals surface area contributed by atoms with Crippen LogP contribution in [0.25, 0.3) is 0 Å². The summed E-state index contributed by atoms with van der Waals surface area (Å²) >= 11 is 5.02. The minimum Gasteiger partial charge on any atom is -0.497 e. The number of rotatable bonds is 6. The Morgan fingerprint density at radius 1 is 1.10 bits per heavy atom. The van der Waals surface area contributed by atoms with E-state index in [1.54, 1.807) is 7.11 Å². The SMILES string of the molecule is COc1ccc(CN(C)Cc2cccc(C(N)=S)c2)cc1. The van der Waals surface area contributed by atoms with Crippen molar-refractivity contribution in [2.45, 2.75) is 13.1 Å². The molecule has 4 heteroatoms.